The van der Waals surface area contributed by atoms with Crippen molar-refractivity contribution in [2.24, 2.45) is 0 Å². The van der Waals surface area contributed by atoms with E-state index in [1.807, 2.05) is 0 Å². The summed E-state index contributed by atoms with van der Waals surface area (Å²) in [6.07, 6.45) is 0. The van der Waals surface area contributed by atoms with Crippen molar-refractivity contribution in [3.63, 3.8) is 0 Å². The SMILES string of the molecule is O=[N+]([O-])c1ccc2c(c1)CN([O-])CS2. The maximum atomic E-state index is 11.0. The fraction of sp³-hybridized carbons (Fsp3) is 0.250. The average Bonchev–Trinajstić information content (AvgIpc) is 2.16. The van der Waals surface area contributed by atoms with Crippen LogP contribution in [0.3, 0.4) is 0 Å². The summed E-state index contributed by atoms with van der Waals surface area (Å²) in [4.78, 5) is 11.0. The third kappa shape index (κ3) is 1.72. The van der Waals surface area contributed by atoms with Crippen molar-refractivity contribution >= 4 is 17.4 Å². The smallest absolute Gasteiger partial charge is 0.269 e. The molecule has 0 fully saturated rings. The summed E-state index contributed by atoms with van der Waals surface area (Å²) in [6, 6.07) is 4.63. The van der Waals surface area contributed by atoms with Gasteiger partial charge in [-0.05, 0) is 11.6 Å². The summed E-state index contributed by atoms with van der Waals surface area (Å²) < 4.78 is 0. The van der Waals surface area contributed by atoms with Gasteiger partial charge in [0.1, 0.15) is 0 Å². The first kappa shape index (κ1) is 9.45. The molecule has 0 N–H and O–H groups in total. The number of thioether (sulfide) groups is 1. The molecule has 0 aliphatic carbocycles. The Hall–Kier alpha value is -1.11. The Kier molecular flexibility index (Phi) is 2.40. The molecule has 0 unspecified atom stereocenters. The van der Waals surface area contributed by atoms with Gasteiger partial charge in [-0.25, -0.2) is 0 Å². The number of benzene rings is 1. The highest BCUT2D eigenvalue weighted by Crippen LogP contribution is 2.31. The van der Waals surface area contributed by atoms with Crippen LogP contribution in [0.5, 0.6) is 0 Å². The summed E-state index contributed by atoms with van der Waals surface area (Å²) in [6.45, 7) is 0.240. The quantitative estimate of drug-likeness (QED) is 0.524. The van der Waals surface area contributed by atoms with E-state index in [2.05, 4.69) is 0 Å². The first-order valence-electron chi connectivity index (χ1n) is 3.99. The number of nitrogens with zero attached hydrogens (tertiary/aromatic N) is 2. The van der Waals surface area contributed by atoms with Gasteiger partial charge in [0.25, 0.3) is 5.69 Å². The van der Waals surface area contributed by atoms with Gasteiger partial charge in [0.2, 0.25) is 0 Å². The van der Waals surface area contributed by atoms with E-state index in [4.69, 9.17) is 0 Å². The lowest BCUT2D eigenvalue weighted by Gasteiger charge is -2.32. The number of non-ortho nitro benzene ring substituents is 1. The largest absolute Gasteiger partial charge is 0.784 e. The summed E-state index contributed by atoms with van der Waals surface area (Å²) >= 11 is 1.41. The third-order valence-corrected chi connectivity index (χ3v) is 3.09. The molecule has 0 radical (unpaired) electrons. The van der Waals surface area contributed by atoms with Crippen molar-refractivity contribution in [1.82, 2.24) is 5.06 Å². The van der Waals surface area contributed by atoms with Crippen LogP contribution in [0.15, 0.2) is 23.1 Å². The van der Waals surface area contributed by atoms with Crippen LogP contribution >= 0.6 is 11.8 Å². The Morgan fingerprint density at radius 2 is 2.29 bits per heavy atom. The summed E-state index contributed by atoms with van der Waals surface area (Å²) in [7, 11) is 0. The highest BCUT2D eigenvalue weighted by atomic mass is 32.2. The summed E-state index contributed by atoms with van der Waals surface area (Å²) in [5.41, 5.74) is 0.783. The number of rotatable bonds is 1. The minimum Gasteiger partial charge on any atom is -0.784 e. The van der Waals surface area contributed by atoms with Crippen LogP contribution in [0.25, 0.3) is 0 Å². The second kappa shape index (κ2) is 3.56. The van der Waals surface area contributed by atoms with Crippen molar-refractivity contribution in [3.05, 3.63) is 39.1 Å². The molecule has 5 nitrogen and oxygen atoms in total. The molecule has 6 heteroatoms. The van der Waals surface area contributed by atoms with Crippen LogP contribution in [0, 0.1) is 15.3 Å². The fourth-order valence-electron chi connectivity index (χ4n) is 1.32. The zero-order valence-electron chi connectivity index (χ0n) is 7.17. The molecule has 1 aliphatic rings. The van der Waals surface area contributed by atoms with E-state index in [1.165, 1.54) is 23.9 Å². The minimum atomic E-state index is -0.450. The monoisotopic (exact) mass is 211 g/mol. The molecule has 14 heavy (non-hydrogen) atoms. The van der Waals surface area contributed by atoms with E-state index < -0.39 is 4.92 Å². The van der Waals surface area contributed by atoms with Crippen molar-refractivity contribution in [1.29, 1.82) is 0 Å². The first-order valence-corrected chi connectivity index (χ1v) is 4.97. The maximum absolute atomic E-state index is 11.0. The lowest BCUT2D eigenvalue weighted by molar-refractivity contribution is -0.385. The molecule has 2 rings (SSSR count). The number of hydrogen-bond donors (Lipinski definition) is 0. The molecule has 1 aromatic rings. The predicted molar refractivity (Wildman–Crippen MR) is 52.7 cm³/mol. The molecule has 0 spiro atoms. The fourth-order valence-corrected chi connectivity index (χ4v) is 2.17. The third-order valence-electron chi connectivity index (χ3n) is 1.97. The molecule has 0 aromatic heterocycles. The Balaban J connectivity index is 2.37. The molecule has 0 saturated carbocycles. The molecular weight excluding hydrogens is 204 g/mol. The van der Waals surface area contributed by atoms with Gasteiger partial charge in [0.05, 0.1) is 4.92 Å². The van der Waals surface area contributed by atoms with Gasteiger partial charge in [-0.1, -0.05) is 0 Å². The lowest BCUT2D eigenvalue weighted by atomic mass is 10.2. The lowest BCUT2D eigenvalue weighted by Crippen LogP contribution is -2.19. The number of nitro groups is 1. The van der Waals surface area contributed by atoms with Crippen molar-refractivity contribution in [3.8, 4) is 0 Å². The van der Waals surface area contributed by atoms with Gasteiger partial charge in [-0.15, -0.1) is 11.8 Å². The number of fused-ring (bicyclic) bond motifs is 1. The van der Waals surface area contributed by atoms with E-state index in [9.17, 15) is 15.3 Å². The van der Waals surface area contributed by atoms with Crippen molar-refractivity contribution in [2.45, 2.75) is 11.4 Å². The van der Waals surface area contributed by atoms with E-state index >= 15 is 0 Å². The Labute approximate surface area is 84.4 Å². The first-order chi connectivity index (χ1) is 6.66. The van der Waals surface area contributed by atoms with Gasteiger partial charge >= 0.3 is 0 Å². The zero-order valence-corrected chi connectivity index (χ0v) is 7.99. The molecule has 0 saturated heterocycles. The molecule has 1 heterocycles. The molecule has 1 aromatic carbocycles. The van der Waals surface area contributed by atoms with Crippen molar-refractivity contribution in [2.75, 3.05) is 5.88 Å². The van der Waals surface area contributed by atoms with Gasteiger partial charge in [0, 0.05) is 29.4 Å². The van der Waals surface area contributed by atoms with E-state index in [0.717, 1.165) is 15.5 Å². The summed E-state index contributed by atoms with van der Waals surface area (Å²) in [5, 5.41) is 22.4. The van der Waals surface area contributed by atoms with Crippen LogP contribution in [0.4, 0.5) is 5.69 Å². The molecular formula is C8H7N2O3S-. The van der Waals surface area contributed by atoms with Crippen LogP contribution in [-0.2, 0) is 6.54 Å². The van der Waals surface area contributed by atoms with Crippen molar-refractivity contribution < 1.29 is 4.92 Å². The molecule has 0 bridgehead atoms. The zero-order chi connectivity index (χ0) is 10.1. The van der Waals surface area contributed by atoms with Gasteiger partial charge in [-0.3, -0.25) is 10.1 Å². The Morgan fingerprint density at radius 3 is 3.00 bits per heavy atom. The van der Waals surface area contributed by atoms with Crippen LogP contribution in [0.1, 0.15) is 5.56 Å². The van der Waals surface area contributed by atoms with E-state index in [0.29, 0.717) is 5.88 Å². The van der Waals surface area contributed by atoms with Crippen LogP contribution in [-0.4, -0.2) is 15.9 Å². The predicted octanol–water partition coefficient (Wildman–Crippen LogP) is 1.96. The number of nitro benzene ring substituents is 1. The van der Waals surface area contributed by atoms with Crippen LogP contribution in [0.2, 0.25) is 0 Å². The average molecular weight is 211 g/mol. The highest BCUT2D eigenvalue weighted by molar-refractivity contribution is 7.99. The number of hydroxylamine groups is 2. The normalized spacial score (nSPS) is 16.4. The maximum Gasteiger partial charge on any atom is 0.269 e. The van der Waals surface area contributed by atoms with Gasteiger partial charge in [-0.2, -0.15) is 0 Å². The second-order valence-corrected chi connectivity index (χ2v) is 3.95. The summed E-state index contributed by atoms with van der Waals surface area (Å²) in [5.74, 6) is 0.394. The van der Waals surface area contributed by atoms with E-state index in [-0.39, 0.29) is 12.2 Å². The Morgan fingerprint density at radius 1 is 1.50 bits per heavy atom. The van der Waals surface area contributed by atoms with Gasteiger partial charge < -0.3 is 10.3 Å². The standard InChI is InChI=1S/C8H7N2O3S/c11-9-4-6-3-7(10(12)13)1-2-8(6)14-5-9/h1-3H,4-5H2/q-1. The molecule has 74 valence electrons. The molecule has 0 amide bonds. The second-order valence-electron chi connectivity index (χ2n) is 2.96. The molecule has 0 atom stereocenters. The number of hydrogen-bond acceptors (Lipinski definition) is 5. The Bertz CT molecular complexity index is 383. The molecule has 1 aliphatic heterocycles. The highest BCUT2D eigenvalue weighted by Gasteiger charge is 2.14. The van der Waals surface area contributed by atoms with E-state index in [1.54, 1.807) is 6.07 Å². The van der Waals surface area contributed by atoms with Gasteiger partial charge in [0.15, 0.2) is 0 Å². The van der Waals surface area contributed by atoms with Crippen LogP contribution < -0.4 is 0 Å². The minimum absolute atomic E-state index is 0.0413. The topological polar surface area (TPSA) is 69.4 Å².